The van der Waals surface area contributed by atoms with E-state index in [2.05, 4.69) is 17.3 Å². The maximum Gasteiger partial charge on any atom is 0.142 e. The number of hydrogen-bond donors (Lipinski definition) is 1. The molecule has 0 saturated carbocycles. The second kappa shape index (κ2) is 4.78. The molecule has 1 aliphatic rings. The summed E-state index contributed by atoms with van der Waals surface area (Å²) in [6.45, 7) is 5.95. The van der Waals surface area contributed by atoms with Gasteiger partial charge in [0.25, 0.3) is 0 Å². The maximum absolute atomic E-state index is 12.0. The Morgan fingerprint density at radius 2 is 2.50 bits per heavy atom. The highest BCUT2D eigenvalue weighted by atomic mass is 16.1. The molecule has 1 aromatic heterocycles. The van der Waals surface area contributed by atoms with E-state index in [1.165, 1.54) is 0 Å². The lowest BCUT2D eigenvalue weighted by Gasteiger charge is -2.12. The van der Waals surface area contributed by atoms with E-state index in [4.69, 9.17) is 0 Å². The van der Waals surface area contributed by atoms with Crippen LogP contribution in [0.1, 0.15) is 25.8 Å². The van der Waals surface area contributed by atoms with Crippen molar-refractivity contribution in [3.63, 3.8) is 0 Å². The van der Waals surface area contributed by atoms with Gasteiger partial charge in [-0.05, 0) is 32.4 Å². The third kappa shape index (κ3) is 2.32. The molecule has 0 spiro atoms. The molecule has 0 aliphatic carbocycles. The van der Waals surface area contributed by atoms with Crippen LogP contribution in [0.2, 0.25) is 0 Å². The second-order valence-corrected chi connectivity index (χ2v) is 4.49. The number of carbonyl (C=O) groups is 1. The number of nitrogens with one attached hydrogen (secondary N) is 1. The van der Waals surface area contributed by atoms with Crippen LogP contribution in [0.5, 0.6) is 0 Å². The first-order valence-electron chi connectivity index (χ1n) is 5.98. The lowest BCUT2D eigenvalue weighted by atomic mass is 9.93. The SMILES string of the molecule is CCn1cc(CC(=O)C2CCNC2C)cn1. The Kier molecular flexibility index (Phi) is 3.39. The van der Waals surface area contributed by atoms with Gasteiger partial charge in [-0.1, -0.05) is 0 Å². The molecule has 88 valence electrons. The molecule has 0 radical (unpaired) electrons. The highest BCUT2D eigenvalue weighted by Gasteiger charge is 2.29. The molecule has 1 aromatic rings. The molecule has 2 rings (SSSR count). The topological polar surface area (TPSA) is 46.9 Å². The molecule has 2 unspecified atom stereocenters. The van der Waals surface area contributed by atoms with Gasteiger partial charge in [0.1, 0.15) is 5.78 Å². The van der Waals surface area contributed by atoms with Gasteiger partial charge >= 0.3 is 0 Å². The van der Waals surface area contributed by atoms with Crippen LogP contribution in [0, 0.1) is 5.92 Å². The molecule has 4 heteroatoms. The van der Waals surface area contributed by atoms with Gasteiger partial charge in [0.2, 0.25) is 0 Å². The molecule has 1 saturated heterocycles. The van der Waals surface area contributed by atoms with E-state index in [9.17, 15) is 4.79 Å². The van der Waals surface area contributed by atoms with E-state index in [-0.39, 0.29) is 5.92 Å². The van der Waals surface area contributed by atoms with Gasteiger partial charge in [-0.15, -0.1) is 0 Å². The van der Waals surface area contributed by atoms with Crippen molar-refractivity contribution in [1.29, 1.82) is 0 Å². The van der Waals surface area contributed by atoms with Crippen LogP contribution in [0.25, 0.3) is 0 Å². The number of nitrogens with zero attached hydrogens (tertiary/aromatic N) is 2. The Bertz CT molecular complexity index is 372. The zero-order valence-corrected chi connectivity index (χ0v) is 9.94. The number of rotatable bonds is 4. The van der Waals surface area contributed by atoms with Gasteiger partial charge in [0.05, 0.1) is 6.20 Å². The van der Waals surface area contributed by atoms with Crippen LogP contribution in [-0.2, 0) is 17.8 Å². The lowest BCUT2D eigenvalue weighted by Crippen LogP contribution is -2.29. The highest BCUT2D eigenvalue weighted by molar-refractivity contribution is 5.84. The fourth-order valence-corrected chi connectivity index (χ4v) is 2.30. The van der Waals surface area contributed by atoms with Crippen molar-refractivity contribution in [3.8, 4) is 0 Å². The molecule has 0 aromatic carbocycles. The molecule has 2 atom stereocenters. The molecule has 1 N–H and O–H groups in total. The Labute approximate surface area is 96.0 Å². The van der Waals surface area contributed by atoms with Crippen molar-refractivity contribution >= 4 is 5.78 Å². The van der Waals surface area contributed by atoms with Gasteiger partial charge in [-0.2, -0.15) is 5.10 Å². The van der Waals surface area contributed by atoms with Crippen molar-refractivity contribution in [2.45, 2.75) is 39.3 Å². The molecule has 0 amide bonds. The zero-order valence-electron chi connectivity index (χ0n) is 9.94. The number of aryl methyl sites for hydroxylation is 1. The first-order valence-corrected chi connectivity index (χ1v) is 5.98. The minimum absolute atomic E-state index is 0.185. The average Bonchev–Trinajstić information content (AvgIpc) is 2.86. The van der Waals surface area contributed by atoms with E-state index < -0.39 is 0 Å². The van der Waals surface area contributed by atoms with Crippen LogP contribution in [-0.4, -0.2) is 28.2 Å². The lowest BCUT2D eigenvalue weighted by molar-refractivity contribution is -0.122. The molecule has 1 aliphatic heterocycles. The predicted octanol–water partition coefficient (Wildman–Crippen LogP) is 1.01. The van der Waals surface area contributed by atoms with Crippen LogP contribution in [0.3, 0.4) is 0 Å². The smallest absolute Gasteiger partial charge is 0.142 e. The molecule has 1 fully saturated rings. The number of Topliss-reactive ketones (excluding diaryl/α,β-unsaturated/α-hetero) is 1. The summed E-state index contributed by atoms with van der Waals surface area (Å²) in [7, 11) is 0. The van der Waals surface area contributed by atoms with Crippen LogP contribution in [0.15, 0.2) is 12.4 Å². The summed E-state index contributed by atoms with van der Waals surface area (Å²) >= 11 is 0. The standard InChI is InChI=1S/C12H19N3O/c1-3-15-8-10(7-14-15)6-12(16)11-4-5-13-9(11)2/h7-9,11,13H,3-6H2,1-2H3. The number of carbonyl (C=O) groups excluding carboxylic acids is 1. The predicted molar refractivity (Wildman–Crippen MR) is 62.2 cm³/mol. The summed E-state index contributed by atoms with van der Waals surface area (Å²) in [6.07, 6.45) is 5.26. The van der Waals surface area contributed by atoms with E-state index in [0.29, 0.717) is 18.2 Å². The van der Waals surface area contributed by atoms with Gasteiger partial charge in [0, 0.05) is 31.1 Å². The number of ketones is 1. The van der Waals surface area contributed by atoms with Crippen LogP contribution in [0.4, 0.5) is 0 Å². The molecule has 16 heavy (non-hydrogen) atoms. The summed E-state index contributed by atoms with van der Waals surface area (Å²) in [5.41, 5.74) is 1.03. The summed E-state index contributed by atoms with van der Waals surface area (Å²) in [5.74, 6) is 0.526. The average molecular weight is 221 g/mol. The largest absolute Gasteiger partial charge is 0.314 e. The molecule has 0 bridgehead atoms. The number of hydrogen-bond acceptors (Lipinski definition) is 3. The second-order valence-electron chi connectivity index (χ2n) is 4.49. The van der Waals surface area contributed by atoms with Crippen molar-refractivity contribution in [3.05, 3.63) is 18.0 Å². The van der Waals surface area contributed by atoms with E-state index in [1.807, 2.05) is 17.8 Å². The van der Waals surface area contributed by atoms with E-state index in [0.717, 1.165) is 25.1 Å². The van der Waals surface area contributed by atoms with Gasteiger partial charge < -0.3 is 5.32 Å². The van der Waals surface area contributed by atoms with Gasteiger partial charge in [0.15, 0.2) is 0 Å². The quantitative estimate of drug-likeness (QED) is 0.825. The summed E-state index contributed by atoms with van der Waals surface area (Å²) < 4.78 is 1.86. The Balaban J connectivity index is 1.96. The number of aromatic nitrogens is 2. The normalized spacial score (nSPS) is 24.9. The van der Waals surface area contributed by atoms with Crippen molar-refractivity contribution < 1.29 is 4.79 Å². The van der Waals surface area contributed by atoms with Crippen molar-refractivity contribution in [2.75, 3.05) is 6.54 Å². The third-order valence-electron chi connectivity index (χ3n) is 3.33. The Morgan fingerprint density at radius 1 is 1.69 bits per heavy atom. The first kappa shape index (κ1) is 11.3. The van der Waals surface area contributed by atoms with Gasteiger partial charge in [-0.3, -0.25) is 9.48 Å². The Hall–Kier alpha value is -1.16. The summed E-state index contributed by atoms with van der Waals surface area (Å²) in [5, 5.41) is 7.49. The first-order chi connectivity index (χ1) is 7.70. The van der Waals surface area contributed by atoms with Crippen molar-refractivity contribution in [1.82, 2.24) is 15.1 Å². The van der Waals surface area contributed by atoms with Crippen molar-refractivity contribution in [2.24, 2.45) is 5.92 Å². The molecule has 2 heterocycles. The fourth-order valence-electron chi connectivity index (χ4n) is 2.30. The van der Waals surface area contributed by atoms with E-state index in [1.54, 1.807) is 6.20 Å². The highest BCUT2D eigenvalue weighted by Crippen LogP contribution is 2.18. The monoisotopic (exact) mass is 221 g/mol. The zero-order chi connectivity index (χ0) is 11.5. The van der Waals surface area contributed by atoms with E-state index >= 15 is 0 Å². The maximum atomic E-state index is 12.0. The van der Waals surface area contributed by atoms with Crippen LogP contribution >= 0.6 is 0 Å². The fraction of sp³-hybridized carbons (Fsp3) is 0.667. The molecular weight excluding hydrogens is 202 g/mol. The summed E-state index contributed by atoms with van der Waals surface area (Å²) in [4.78, 5) is 12.0. The molecular formula is C12H19N3O. The molecule has 4 nitrogen and oxygen atoms in total. The Morgan fingerprint density at radius 3 is 3.06 bits per heavy atom. The van der Waals surface area contributed by atoms with Gasteiger partial charge in [-0.25, -0.2) is 0 Å². The third-order valence-corrected chi connectivity index (χ3v) is 3.33. The summed E-state index contributed by atoms with van der Waals surface area (Å²) in [6, 6.07) is 0.328. The minimum Gasteiger partial charge on any atom is -0.314 e. The van der Waals surface area contributed by atoms with Crippen LogP contribution < -0.4 is 5.32 Å². The minimum atomic E-state index is 0.185.